The molecule has 6 heteroatoms. The summed E-state index contributed by atoms with van der Waals surface area (Å²) in [7, 11) is 0. The van der Waals surface area contributed by atoms with Gasteiger partial charge in [0.15, 0.2) is 11.4 Å². The Bertz CT molecular complexity index is 4370. The van der Waals surface area contributed by atoms with E-state index in [1.54, 1.807) is 0 Å². The molecule has 0 fully saturated rings. The van der Waals surface area contributed by atoms with E-state index < -0.39 is 0 Å². The highest BCUT2D eigenvalue weighted by molar-refractivity contribution is 6.37. The highest BCUT2D eigenvalue weighted by Crippen LogP contribution is 2.48. The Hall–Kier alpha value is -8.22. The molecule has 6 aromatic heterocycles. The van der Waals surface area contributed by atoms with E-state index in [0.29, 0.717) is 17.3 Å². The van der Waals surface area contributed by atoms with Crippen LogP contribution < -0.4 is 0 Å². The first-order valence-corrected chi connectivity index (χ1v) is 20.4. The van der Waals surface area contributed by atoms with Gasteiger partial charge in [-0.3, -0.25) is 9.13 Å². The van der Waals surface area contributed by atoms with Crippen molar-refractivity contribution in [2.24, 2.45) is 0 Å². The molecule has 0 amide bonds. The van der Waals surface area contributed by atoms with Crippen LogP contribution in [-0.2, 0) is 0 Å². The van der Waals surface area contributed by atoms with E-state index in [1.165, 1.54) is 75.8 Å². The van der Waals surface area contributed by atoms with E-state index in [4.69, 9.17) is 14.4 Å². The van der Waals surface area contributed by atoms with E-state index in [0.717, 1.165) is 43.9 Å². The van der Waals surface area contributed by atoms with Crippen LogP contribution in [0.15, 0.2) is 180 Å². The molecule has 6 nitrogen and oxygen atoms in total. The summed E-state index contributed by atoms with van der Waals surface area (Å²) in [6, 6.07) is 63.2. The standard InChI is InChI=1S/C54H29N5O/c1-3-15-32-30(13-1)26-28-43-46(32)35-18-6-10-22-41(35)57(43)53-52-49(37-20-8-12-24-45(37)60-52)55-54(56-53)58-42-23-11-7-19-36(42)47-44(58)29-39-34-17-5-9-21-40(34)59-50-33-16-4-2-14-31(33)25-27-38(50)48(47)51(39)59/h1-29H. The van der Waals surface area contributed by atoms with Crippen molar-refractivity contribution < 1.29 is 4.42 Å². The van der Waals surface area contributed by atoms with Gasteiger partial charge >= 0.3 is 0 Å². The molecular formula is C54H29N5O. The highest BCUT2D eigenvalue weighted by atomic mass is 16.3. The van der Waals surface area contributed by atoms with Crippen LogP contribution in [0.1, 0.15) is 0 Å². The van der Waals surface area contributed by atoms with Crippen molar-refractivity contribution in [1.82, 2.24) is 23.5 Å². The molecule has 0 aliphatic rings. The number of aromatic nitrogens is 5. The van der Waals surface area contributed by atoms with Crippen molar-refractivity contribution in [3.8, 4) is 11.8 Å². The molecule has 9 aromatic carbocycles. The van der Waals surface area contributed by atoms with E-state index >= 15 is 0 Å². The smallest absolute Gasteiger partial charge is 0.237 e. The van der Waals surface area contributed by atoms with E-state index in [1.807, 2.05) is 12.1 Å². The van der Waals surface area contributed by atoms with Gasteiger partial charge in [-0.15, -0.1) is 0 Å². The molecule has 60 heavy (non-hydrogen) atoms. The van der Waals surface area contributed by atoms with Crippen molar-refractivity contribution in [2.75, 3.05) is 0 Å². The number of para-hydroxylation sites is 4. The normalized spacial score (nSPS) is 12.7. The first-order valence-electron chi connectivity index (χ1n) is 20.4. The number of hydrogen-bond donors (Lipinski definition) is 0. The van der Waals surface area contributed by atoms with Crippen LogP contribution in [0.3, 0.4) is 0 Å². The van der Waals surface area contributed by atoms with Crippen molar-refractivity contribution in [1.29, 1.82) is 0 Å². The molecule has 0 aliphatic carbocycles. The zero-order valence-corrected chi connectivity index (χ0v) is 31.9. The predicted molar refractivity (Wildman–Crippen MR) is 248 cm³/mol. The summed E-state index contributed by atoms with van der Waals surface area (Å²) in [6.45, 7) is 0. The molecule has 0 saturated heterocycles. The molecule has 0 aliphatic heterocycles. The zero-order chi connectivity index (χ0) is 38.8. The number of hydrogen-bond acceptors (Lipinski definition) is 3. The first kappa shape index (κ1) is 30.9. The molecule has 0 spiro atoms. The van der Waals surface area contributed by atoms with Crippen molar-refractivity contribution in [2.45, 2.75) is 0 Å². The molecule has 0 bridgehead atoms. The highest BCUT2D eigenvalue weighted by Gasteiger charge is 2.28. The molecule has 0 atom stereocenters. The van der Waals surface area contributed by atoms with E-state index in [9.17, 15) is 0 Å². The number of furan rings is 1. The number of fused-ring (bicyclic) bond motifs is 20. The lowest BCUT2D eigenvalue weighted by atomic mass is 10.0. The van der Waals surface area contributed by atoms with Crippen LogP contribution in [0.25, 0.3) is 137 Å². The van der Waals surface area contributed by atoms with Gasteiger partial charge in [0.1, 0.15) is 11.1 Å². The third kappa shape index (κ3) is 3.66. The van der Waals surface area contributed by atoms with Crippen LogP contribution in [0.4, 0.5) is 0 Å². The number of benzene rings is 9. The topological polar surface area (TPSA) is 53.2 Å². The lowest BCUT2D eigenvalue weighted by Crippen LogP contribution is -2.06. The third-order valence-corrected chi connectivity index (χ3v) is 13.2. The summed E-state index contributed by atoms with van der Waals surface area (Å²) < 4.78 is 13.9. The third-order valence-electron chi connectivity index (χ3n) is 13.2. The minimum atomic E-state index is 0.592. The second-order valence-corrected chi connectivity index (χ2v) is 16.1. The molecule has 0 N–H and O–H groups in total. The molecule has 0 saturated carbocycles. The fourth-order valence-electron chi connectivity index (χ4n) is 10.8. The monoisotopic (exact) mass is 763 g/mol. The molecule has 276 valence electrons. The SMILES string of the molecule is c1ccc2c(c1)ccc1c2c2ccccc2n1-c1nc(-n2c3ccccc3c3c4c5ccc6ccccc6c5n5c6ccccc6c(cc32)c45)nc2c1oc1ccccc12. The van der Waals surface area contributed by atoms with Crippen LogP contribution in [0.5, 0.6) is 0 Å². The average molecular weight is 764 g/mol. The lowest BCUT2D eigenvalue weighted by molar-refractivity contribution is 0.661. The second-order valence-electron chi connectivity index (χ2n) is 16.1. The molecular weight excluding hydrogens is 735 g/mol. The van der Waals surface area contributed by atoms with Gasteiger partial charge in [-0.05, 0) is 58.6 Å². The molecule has 6 heterocycles. The lowest BCUT2D eigenvalue weighted by Gasteiger charge is -2.12. The Morgan fingerprint density at radius 1 is 0.367 bits per heavy atom. The summed E-state index contributed by atoms with van der Waals surface area (Å²) in [4.78, 5) is 11.2. The van der Waals surface area contributed by atoms with Crippen LogP contribution in [0.2, 0.25) is 0 Å². The minimum absolute atomic E-state index is 0.592. The molecule has 15 aromatic rings. The van der Waals surface area contributed by atoms with E-state index in [2.05, 4.69) is 177 Å². The predicted octanol–water partition coefficient (Wildman–Crippen LogP) is 14.0. The quantitative estimate of drug-likeness (QED) is 0.176. The van der Waals surface area contributed by atoms with Crippen LogP contribution >= 0.6 is 0 Å². The Labute approximate surface area is 339 Å². The Kier molecular flexibility index (Phi) is 5.57. The van der Waals surface area contributed by atoms with Gasteiger partial charge in [0.2, 0.25) is 5.95 Å². The van der Waals surface area contributed by atoms with Gasteiger partial charge in [0.05, 0.1) is 38.6 Å². The van der Waals surface area contributed by atoms with Crippen molar-refractivity contribution >= 4 is 125 Å². The van der Waals surface area contributed by atoms with Gasteiger partial charge in [0, 0.05) is 53.9 Å². The fourth-order valence-corrected chi connectivity index (χ4v) is 10.8. The van der Waals surface area contributed by atoms with Gasteiger partial charge in [-0.2, -0.15) is 4.98 Å². The minimum Gasteiger partial charge on any atom is -0.450 e. The number of rotatable bonds is 2. The molecule has 0 unspecified atom stereocenters. The summed E-state index contributed by atoms with van der Waals surface area (Å²) in [5.74, 6) is 1.30. The van der Waals surface area contributed by atoms with Gasteiger partial charge in [0.25, 0.3) is 0 Å². The summed E-state index contributed by atoms with van der Waals surface area (Å²) in [5.41, 5.74) is 10.1. The van der Waals surface area contributed by atoms with Crippen LogP contribution in [-0.4, -0.2) is 23.5 Å². The van der Waals surface area contributed by atoms with Gasteiger partial charge in [-0.25, -0.2) is 4.98 Å². The van der Waals surface area contributed by atoms with Crippen LogP contribution in [0, 0.1) is 0 Å². The fraction of sp³-hybridized carbons (Fsp3) is 0. The molecule has 15 rings (SSSR count). The first-order chi connectivity index (χ1) is 29.8. The summed E-state index contributed by atoms with van der Waals surface area (Å²) in [5, 5.41) is 15.5. The Morgan fingerprint density at radius 2 is 0.983 bits per heavy atom. The number of nitrogens with zero attached hydrogens (tertiary/aromatic N) is 5. The largest absolute Gasteiger partial charge is 0.450 e. The van der Waals surface area contributed by atoms with Gasteiger partial charge in [-0.1, -0.05) is 133 Å². The maximum atomic E-state index is 6.80. The Morgan fingerprint density at radius 3 is 1.80 bits per heavy atom. The summed E-state index contributed by atoms with van der Waals surface area (Å²) in [6.07, 6.45) is 0. The molecule has 0 radical (unpaired) electrons. The zero-order valence-electron chi connectivity index (χ0n) is 31.9. The maximum Gasteiger partial charge on any atom is 0.237 e. The summed E-state index contributed by atoms with van der Waals surface area (Å²) >= 11 is 0. The maximum absolute atomic E-state index is 6.80. The second kappa shape index (κ2) is 10.8. The average Bonchev–Trinajstić information content (AvgIpc) is 4.10. The Balaban J connectivity index is 1.15. The van der Waals surface area contributed by atoms with Crippen molar-refractivity contribution in [3.63, 3.8) is 0 Å². The van der Waals surface area contributed by atoms with E-state index in [-0.39, 0.29) is 0 Å². The van der Waals surface area contributed by atoms with Crippen molar-refractivity contribution in [3.05, 3.63) is 176 Å². The van der Waals surface area contributed by atoms with Gasteiger partial charge < -0.3 is 8.82 Å².